The van der Waals surface area contributed by atoms with E-state index in [0.29, 0.717) is 41.0 Å². The fourth-order valence-corrected chi connectivity index (χ4v) is 6.32. The molecule has 8 heteroatoms. The molecule has 0 saturated carbocycles. The number of fused-ring (bicyclic) bond motifs is 1. The fourth-order valence-electron chi connectivity index (χ4n) is 5.15. The largest absolute Gasteiger partial charge is 0.507 e. The second-order valence-electron chi connectivity index (χ2n) is 10.2. The number of aliphatic hydroxyl groups excluding tert-OH is 1. The maximum atomic E-state index is 13.7. The van der Waals surface area contributed by atoms with Gasteiger partial charge in [-0.3, -0.25) is 14.5 Å². The molecule has 41 heavy (non-hydrogen) atoms. The van der Waals surface area contributed by atoms with Crippen molar-refractivity contribution in [1.82, 2.24) is 4.98 Å². The smallest absolute Gasteiger partial charge is 0.301 e. The van der Waals surface area contributed by atoms with Gasteiger partial charge in [-0.25, -0.2) is 4.98 Å². The van der Waals surface area contributed by atoms with Crippen molar-refractivity contribution in [2.75, 3.05) is 18.1 Å². The summed E-state index contributed by atoms with van der Waals surface area (Å²) in [6.07, 6.45) is 3.09. The molecule has 7 nitrogen and oxygen atoms in total. The minimum absolute atomic E-state index is 0.00875. The molecule has 0 radical (unpaired) electrons. The molecule has 4 aromatic rings. The lowest BCUT2D eigenvalue weighted by molar-refractivity contribution is -0.132. The van der Waals surface area contributed by atoms with Crippen molar-refractivity contribution in [1.29, 1.82) is 0 Å². The first-order valence-electron chi connectivity index (χ1n) is 14.0. The normalized spacial score (nSPS) is 16.5. The minimum atomic E-state index is -0.886. The molecule has 0 aliphatic carbocycles. The van der Waals surface area contributed by atoms with E-state index in [0.717, 1.165) is 40.6 Å². The first-order chi connectivity index (χ1) is 19.8. The lowest BCUT2D eigenvalue weighted by Crippen LogP contribution is -2.29. The first kappa shape index (κ1) is 28.4. The summed E-state index contributed by atoms with van der Waals surface area (Å²) >= 11 is 1.36. The third-order valence-corrected chi connectivity index (χ3v) is 8.10. The summed E-state index contributed by atoms with van der Waals surface area (Å²) in [6.45, 7) is 9.10. The Kier molecular flexibility index (Phi) is 8.40. The number of amides is 1. The van der Waals surface area contributed by atoms with Gasteiger partial charge in [0.2, 0.25) is 0 Å². The third kappa shape index (κ3) is 5.70. The third-order valence-electron chi connectivity index (χ3n) is 7.10. The van der Waals surface area contributed by atoms with Crippen LogP contribution in [0.1, 0.15) is 61.4 Å². The Morgan fingerprint density at radius 3 is 2.49 bits per heavy atom. The summed E-state index contributed by atoms with van der Waals surface area (Å²) in [7, 11) is 0. The first-order valence-corrected chi connectivity index (χ1v) is 14.8. The maximum Gasteiger partial charge on any atom is 0.301 e. The van der Waals surface area contributed by atoms with Gasteiger partial charge in [0.25, 0.3) is 5.78 Å². The lowest BCUT2D eigenvalue weighted by atomic mass is 9.95. The molecule has 1 aliphatic heterocycles. The topological polar surface area (TPSA) is 89.0 Å². The summed E-state index contributed by atoms with van der Waals surface area (Å²) in [5, 5.41) is 11.9. The Balaban J connectivity index is 1.64. The molecule has 1 N–H and O–H groups in total. The van der Waals surface area contributed by atoms with Crippen molar-refractivity contribution in [3.8, 4) is 11.5 Å². The van der Waals surface area contributed by atoms with Crippen LogP contribution >= 0.6 is 11.3 Å². The van der Waals surface area contributed by atoms with Gasteiger partial charge in [-0.1, -0.05) is 49.3 Å². The summed E-state index contributed by atoms with van der Waals surface area (Å²) in [4.78, 5) is 33.5. The van der Waals surface area contributed by atoms with E-state index < -0.39 is 17.7 Å². The molecule has 0 bridgehead atoms. The van der Waals surface area contributed by atoms with Gasteiger partial charge in [0.15, 0.2) is 5.13 Å². The van der Waals surface area contributed by atoms with Gasteiger partial charge in [-0.2, -0.15) is 0 Å². The van der Waals surface area contributed by atoms with Crippen LogP contribution in [0.3, 0.4) is 0 Å². The van der Waals surface area contributed by atoms with Crippen molar-refractivity contribution >= 4 is 44.1 Å². The Labute approximate surface area is 244 Å². The Morgan fingerprint density at radius 2 is 1.76 bits per heavy atom. The highest BCUT2D eigenvalue weighted by atomic mass is 32.1. The number of ether oxygens (including phenoxy) is 2. The molecule has 1 atom stereocenters. The number of aromatic nitrogens is 1. The number of carbonyl (C=O) groups excluding carboxylic acids is 2. The van der Waals surface area contributed by atoms with E-state index >= 15 is 0 Å². The van der Waals surface area contributed by atoms with Gasteiger partial charge in [-0.15, -0.1) is 0 Å². The number of hydrogen-bond donors (Lipinski definition) is 1. The molecule has 1 amide bonds. The van der Waals surface area contributed by atoms with Crippen LogP contribution in [-0.2, 0) is 9.59 Å². The number of Topliss-reactive ketones (excluding diaryl/α,β-unsaturated/α-hetero) is 1. The van der Waals surface area contributed by atoms with Crippen LogP contribution in [-0.4, -0.2) is 35.0 Å². The Bertz CT molecular complexity index is 1620. The molecule has 1 fully saturated rings. The summed E-state index contributed by atoms with van der Waals surface area (Å²) in [6, 6.07) is 17.4. The maximum absolute atomic E-state index is 13.7. The van der Waals surface area contributed by atoms with Gasteiger partial charge >= 0.3 is 5.91 Å². The predicted octanol–water partition coefficient (Wildman–Crippen LogP) is 7.51. The number of aliphatic hydroxyl groups is 1. The molecular formula is C33H34N2O5S. The van der Waals surface area contributed by atoms with Gasteiger partial charge in [0.1, 0.15) is 17.3 Å². The highest BCUT2D eigenvalue weighted by molar-refractivity contribution is 7.22. The average Bonchev–Trinajstić information content (AvgIpc) is 3.50. The molecule has 5 rings (SSSR count). The van der Waals surface area contributed by atoms with E-state index in [-0.39, 0.29) is 11.3 Å². The number of nitrogens with zero attached hydrogens (tertiary/aromatic N) is 2. The van der Waals surface area contributed by atoms with E-state index in [1.807, 2.05) is 57.2 Å². The van der Waals surface area contributed by atoms with Crippen molar-refractivity contribution < 1.29 is 24.2 Å². The van der Waals surface area contributed by atoms with E-state index in [1.165, 1.54) is 16.2 Å². The highest BCUT2D eigenvalue weighted by Gasteiger charge is 2.48. The molecule has 1 saturated heterocycles. The number of rotatable bonds is 10. The van der Waals surface area contributed by atoms with Crippen LogP contribution in [0.15, 0.2) is 66.2 Å². The monoisotopic (exact) mass is 570 g/mol. The summed E-state index contributed by atoms with van der Waals surface area (Å²) < 4.78 is 12.5. The Hall–Kier alpha value is -4.17. The Morgan fingerprint density at radius 1 is 0.976 bits per heavy atom. The zero-order chi connectivity index (χ0) is 29.1. The molecule has 2 heterocycles. The fraction of sp³-hybridized carbons (Fsp3) is 0.303. The molecule has 1 aromatic heterocycles. The average molecular weight is 571 g/mol. The lowest BCUT2D eigenvalue weighted by Gasteiger charge is -2.23. The number of aryl methyl sites for hydroxylation is 2. The van der Waals surface area contributed by atoms with Gasteiger partial charge in [-0.05, 0) is 86.3 Å². The van der Waals surface area contributed by atoms with Crippen molar-refractivity contribution in [3.05, 3.63) is 88.5 Å². The number of hydrogen-bond acceptors (Lipinski definition) is 7. The molecule has 212 valence electrons. The highest BCUT2D eigenvalue weighted by Crippen LogP contribution is 2.45. The van der Waals surface area contributed by atoms with E-state index in [2.05, 4.69) is 6.92 Å². The number of thiazole rings is 1. The van der Waals surface area contributed by atoms with Gasteiger partial charge in [0.05, 0.1) is 35.0 Å². The SMILES string of the molecule is CCCCCOc1cccc(C2C(=C(O)c3ccc(OCC)cc3)C(=O)C(=O)N2c2nc3c(C)cc(C)cc3s2)c1. The van der Waals surface area contributed by atoms with Crippen LogP contribution in [0.5, 0.6) is 11.5 Å². The number of benzene rings is 3. The number of carbonyl (C=O) groups is 2. The molecule has 1 unspecified atom stereocenters. The standard InChI is InChI=1S/C33H34N2O5S/c1-5-7-8-16-40-25-11-9-10-23(19-25)29-27(30(36)22-12-14-24(15-13-22)39-6-2)31(37)32(38)35(29)33-34-28-21(4)17-20(3)18-26(28)41-33/h9-15,17-19,29,36H,5-8,16H2,1-4H3. The van der Waals surface area contributed by atoms with Crippen LogP contribution in [0.4, 0.5) is 5.13 Å². The summed E-state index contributed by atoms with van der Waals surface area (Å²) in [5.41, 5.74) is 3.95. The van der Waals surface area contributed by atoms with Gasteiger partial charge < -0.3 is 14.6 Å². The number of anilines is 1. The van der Waals surface area contributed by atoms with Crippen LogP contribution < -0.4 is 14.4 Å². The second-order valence-corrected chi connectivity index (χ2v) is 11.2. The minimum Gasteiger partial charge on any atom is -0.507 e. The van der Waals surface area contributed by atoms with Crippen LogP contribution in [0.25, 0.3) is 16.0 Å². The molecule has 3 aromatic carbocycles. The van der Waals surface area contributed by atoms with E-state index in [1.54, 1.807) is 24.3 Å². The predicted molar refractivity (Wildman–Crippen MR) is 163 cm³/mol. The summed E-state index contributed by atoms with van der Waals surface area (Å²) in [5.74, 6) is -0.454. The zero-order valence-corrected chi connectivity index (χ0v) is 24.6. The number of ketones is 1. The van der Waals surface area contributed by atoms with Crippen molar-refractivity contribution in [2.24, 2.45) is 0 Å². The van der Waals surface area contributed by atoms with Crippen molar-refractivity contribution in [2.45, 2.75) is 53.0 Å². The zero-order valence-electron chi connectivity index (χ0n) is 23.8. The quantitative estimate of drug-likeness (QED) is 0.0919. The molecule has 0 spiro atoms. The van der Waals surface area contributed by atoms with E-state index in [9.17, 15) is 14.7 Å². The molecular weight excluding hydrogens is 536 g/mol. The second kappa shape index (κ2) is 12.1. The van der Waals surface area contributed by atoms with Crippen LogP contribution in [0, 0.1) is 13.8 Å². The number of unbranched alkanes of at least 4 members (excludes halogenated alkanes) is 2. The molecule has 1 aliphatic rings. The van der Waals surface area contributed by atoms with E-state index in [4.69, 9.17) is 14.5 Å². The van der Waals surface area contributed by atoms with Gasteiger partial charge in [0, 0.05) is 5.56 Å². The van der Waals surface area contributed by atoms with Crippen molar-refractivity contribution in [3.63, 3.8) is 0 Å². The van der Waals surface area contributed by atoms with Crippen LogP contribution in [0.2, 0.25) is 0 Å².